The van der Waals surface area contributed by atoms with Crippen LogP contribution in [-0.2, 0) is 13.1 Å². The summed E-state index contributed by atoms with van der Waals surface area (Å²) in [5.41, 5.74) is 7.20. The van der Waals surface area contributed by atoms with Crippen LogP contribution in [0, 0.1) is 0 Å². The Morgan fingerprint density at radius 2 is 1.37 bits per heavy atom. The number of para-hydroxylation sites is 1. The molecule has 0 saturated carbocycles. The third kappa shape index (κ3) is 5.38. The molecule has 1 saturated heterocycles. The summed E-state index contributed by atoms with van der Waals surface area (Å²) in [6, 6.07) is 36.3. The summed E-state index contributed by atoms with van der Waals surface area (Å²) in [4.78, 5) is 5.13. The Bertz CT molecular complexity index is 1510. The number of ether oxygens (including phenoxy) is 1. The highest BCUT2D eigenvalue weighted by molar-refractivity contribution is 5.85. The number of hydrogen-bond donors (Lipinski definition) is 0. The van der Waals surface area contributed by atoms with Gasteiger partial charge >= 0.3 is 0 Å². The molecule has 4 aromatic carbocycles. The summed E-state index contributed by atoms with van der Waals surface area (Å²) >= 11 is 0. The van der Waals surface area contributed by atoms with Crippen molar-refractivity contribution in [2.75, 3.05) is 33.3 Å². The SMILES string of the molecule is COc1ccccc1-c1ccc2oc(CN3CCCN(Cc4ccccc4-c4ccccc4)CC3)cc2c1. The minimum absolute atomic E-state index is 0.840. The first kappa shape index (κ1) is 24.5. The smallest absolute Gasteiger partial charge is 0.134 e. The van der Waals surface area contributed by atoms with Crippen molar-refractivity contribution in [1.82, 2.24) is 9.80 Å². The lowest BCUT2D eigenvalue weighted by molar-refractivity contribution is 0.236. The summed E-state index contributed by atoms with van der Waals surface area (Å²) in [7, 11) is 1.72. The van der Waals surface area contributed by atoms with Gasteiger partial charge in [-0.1, -0.05) is 78.9 Å². The molecule has 1 aliphatic heterocycles. The second-order valence-electron chi connectivity index (χ2n) is 10.1. The van der Waals surface area contributed by atoms with Crippen LogP contribution in [-0.4, -0.2) is 43.1 Å². The molecule has 1 fully saturated rings. The van der Waals surface area contributed by atoms with E-state index in [-0.39, 0.29) is 0 Å². The molecule has 0 aliphatic carbocycles. The van der Waals surface area contributed by atoms with Crippen molar-refractivity contribution in [3.63, 3.8) is 0 Å². The maximum atomic E-state index is 6.26. The molecule has 0 radical (unpaired) electrons. The quantitative estimate of drug-likeness (QED) is 0.231. The Hall–Kier alpha value is -3.86. The Labute approximate surface area is 225 Å². The third-order valence-electron chi connectivity index (χ3n) is 7.54. The van der Waals surface area contributed by atoms with Crippen molar-refractivity contribution in [1.29, 1.82) is 0 Å². The number of benzene rings is 4. The molecule has 0 spiro atoms. The highest BCUT2D eigenvalue weighted by atomic mass is 16.5. The first-order valence-electron chi connectivity index (χ1n) is 13.5. The van der Waals surface area contributed by atoms with Gasteiger partial charge < -0.3 is 9.15 Å². The average Bonchev–Trinajstić information content (AvgIpc) is 3.24. The van der Waals surface area contributed by atoms with Gasteiger partial charge in [-0.15, -0.1) is 0 Å². The zero-order chi connectivity index (χ0) is 25.7. The van der Waals surface area contributed by atoms with E-state index < -0.39 is 0 Å². The van der Waals surface area contributed by atoms with Gasteiger partial charge in [-0.05, 0) is 66.0 Å². The minimum Gasteiger partial charge on any atom is -0.496 e. The molecule has 0 atom stereocenters. The Kier molecular flexibility index (Phi) is 7.25. The minimum atomic E-state index is 0.840. The Morgan fingerprint density at radius 1 is 0.658 bits per heavy atom. The van der Waals surface area contributed by atoms with Crippen molar-refractivity contribution in [3.8, 4) is 28.0 Å². The van der Waals surface area contributed by atoms with Crippen LogP contribution in [0.15, 0.2) is 108 Å². The summed E-state index contributed by atoms with van der Waals surface area (Å²) in [5, 5.41) is 1.14. The van der Waals surface area contributed by atoms with Gasteiger partial charge in [-0.3, -0.25) is 9.80 Å². The van der Waals surface area contributed by atoms with Gasteiger partial charge in [0.2, 0.25) is 0 Å². The fourth-order valence-corrected chi connectivity index (χ4v) is 5.59. The summed E-state index contributed by atoms with van der Waals surface area (Å²) in [6.07, 6.45) is 1.16. The molecule has 0 N–H and O–H groups in total. The van der Waals surface area contributed by atoms with Crippen molar-refractivity contribution in [2.24, 2.45) is 0 Å². The lowest BCUT2D eigenvalue weighted by Gasteiger charge is -2.22. The lowest BCUT2D eigenvalue weighted by Crippen LogP contribution is -2.30. The van der Waals surface area contributed by atoms with E-state index in [9.17, 15) is 0 Å². The predicted octanol–water partition coefficient (Wildman–Crippen LogP) is 7.48. The first-order valence-corrected chi connectivity index (χ1v) is 13.5. The summed E-state index contributed by atoms with van der Waals surface area (Å²) < 4.78 is 11.8. The predicted molar refractivity (Wildman–Crippen MR) is 155 cm³/mol. The van der Waals surface area contributed by atoms with E-state index in [1.165, 1.54) is 16.7 Å². The standard InChI is InChI=1S/C34H34N2O2/c1-37-34-15-8-7-14-32(34)27-16-17-33-29(22-27)23-30(38-33)25-36-19-9-18-35(20-21-36)24-28-12-5-6-13-31(28)26-10-3-2-4-11-26/h2-8,10-17,22-23H,9,18-21,24-25H2,1H3. The van der Waals surface area contributed by atoms with Gasteiger partial charge in [0.05, 0.1) is 13.7 Å². The monoisotopic (exact) mass is 502 g/mol. The second kappa shape index (κ2) is 11.3. The molecule has 192 valence electrons. The molecule has 4 heteroatoms. The molecule has 1 aliphatic rings. The van der Waals surface area contributed by atoms with E-state index in [0.29, 0.717) is 0 Å². The van der Waals surface area contributed by atoms with Gasteiger partial charge in [0, 0.05) is 30.6 Å². The Balaban J connectivity index is 1.12. The van der Waals surface area contributed by atoms with Crippen LogP contribution in [0.4, 0.5) is 0 Å². The number of methoxy groups -OCH3 is 1. The van der Waals surface area contributed by atoms with Crippen molar-refractivity contribution < 1.29 is 9.15 Å². The molecular weight excluding hydrogens is 468 g/mol. The second-order valence-corrected chi connectivity index (χ2v) is 10.1. The number of nitrogens with zero attached hydrogens (tertiary/aromatic N) is 2. The molecule has 0 bridgehead atoms. The van der Waals surface area contributed by atoms with Crippen LogP contribution >= 0.6 is 0 Å². The first-order chi connectivity index (χ1) is 18.8. The van der Waals surface area contributed by atoms with Gasteiger partial charge in [0.1, 0.15) is 17.1 Å². The Morgan fingerprint density at radius 3 is 2.18 bits per heavy atom. The van der Waals surface area contributed by atoms with E-state index in [4.69, 9.17) is 9.15 Å². The molecule has 1 aromatic heterocycles. The fourth-order valence-electron chi connectivity index (χ4n) is 5.59. The van der Waals surface area contributed by atoms with Crippen molar-refractivity contribution in [3.05, 3.63) is 114 Å². The van der Waals surface area contributed by atoms with E-state index in [1.807, 2.05) is 18.2 Å². The average molecular weight is 503 g/mol. The number of hydrogen-bond acceptors (Lipinski definition) is 4. The van der Waals surface area contributed by atoms with Crippen LogP contribution in [0.5, 0.6) is 5.75 Å². The zero-order valence-corrected chi connectivity index (χ0v) is 22.0. The molecule has 0 amide bonds. The van der Waals surface area contributed by atoms with Crippen LogP contribution in [0.25, 0.3) is 33.2 Å². The van der Waals surface area contributed by atoms with Gasteiger partial charge in [-0.25, -0.2) is 0 Å². The maximum Gasteiger partial charge on any atom is 0.134 e. The van der Waals surface area contributed by atoms with Crippen molar-refractivity contribution >= 4 is 11.0 Å². The van der Waals surface area contributed by atoms with E-state index in [2.05, 4.69) is 94.7 Å². The number of furan rings is 1. The highest BCUT2D eigenvalue weighted by Crippen LogP contribution is 2.33. The third-order valence-corrected chi connectivity index (χ3v) is 7.54. The van der Waals surface area contributed by atoms with Crippen LogP contribution in [0.1, 0.15) is 17.7 Å². The van der Waals surface area contributed by atoms with Crippen LogP contribution in [0.2, 0.25) is 0 Å². The lowest BCUT2D eigenvalue weighted by atomic mass is 9.99. The molecule has 5 aromatic rings. The molecular formula is C34H34N2O2. The van der Waals surface area contributed by atoms with Crippen LogP contribution < -0.4 is 4.74 Å². The summed E-state index contributed by atoms with van der Waals surface area (Å²) in [5.74, 6) is 1.91. The zero-order valence-electron chi connectivity index (χ0n) is 22.0. The largest absolute Gasteiger partial charge is 0.496 e. The molecule has 38 heavy (non-hydrogen) atoms. The number of rotatable bonds is 7. The summed E-state index contributed by atoms with van der Waals surface area (Å²) in [6.45, 7) is 6.11. The molecule has 0 unspecified atom stereocenters. The van der Waals surface area contributed by atoms with Gasteiger partial charge in [0.25, 0.3) is 0 Å². The fraction of sp³-hybridized carbons (Fsp3) is 0.235. The molecule has 2 heterocycles. The van der Waals surface area contributed by atoms with E-state index in [1.54, 1.807) is 7.11 Å². The van der Waals surface area contributed by atoms with E-state index in [0.717, 1.165) is 79.3 Å². The highest BCUT2D eigenvalue weighted by Gasteiger charge is 2.18. The molecule has 6 rings (SSSR count). The van der Waals surface area contributed by atoms with Crippen molar-refractivity contribution in [2.45, 2.75) is 19.5 Å². The van der Waals surface area contributed by atoms with Gasteiger partial charge in [0.15, 0.2) is 0 Å². The topological polar surface area (TPSA) is 28.9 Å². The maximum absolute atomic E-state index is 6.26. The van der Waals surface area contributed by atoms with Crippen LogP contribution in [0.3, 0.4) is 0 Å². The molecule has 4 nitrogen and oxygen atoms in total. The number of fused-ring (bicyclic) bond motifs is 1. The van der Waals surface area contributed by atoms with E-state index >= 15 is 0 Å². The van der Waals surface area contributed by atoms with Gasteiger partial charge in [-0.2, -0.15) is 0 Å². The normalized spacial score (nSPS) is 15.0.